The van der Waals surface area contributed by atoms with E-state index >= 15 is 0 Å². The second kappa shape index (κ2) is 5.54. The molecule has 0 saturated carbocycles. The summed E-state index contributed by atoms with van der Waals surface area (Å²) in [4.78, 5) is 22.0. The van der Waals surface area contributed by atoms with Crippen molar-refractivity contribution in [2.24, 2.45) is 0 Å². The summed E-state index contributed by atoms with van der Waals surface area (Å²) in [7, 11) is 0. The van der Waals surface area contributed by atoms with Gasteiger partial charge in [0.05, 0.1) is 30.5 Å². The summed E-state index contributed by atoms with van der Waals surface area (Å²) < 4.78 is 31.2. The van der Waals surface area contributed by atoms with Crippen molar-refractivity contribution in [3.8, 4) is 0 Å². The van der Waals surface area contributed by atoms with Gasteiger partial charge in [-0.3, -0.25) is 5.32 Å². The van der Waals surface area contributed by atoms with Crippen LogP contribution in [0.5, 0.6) is 0 Å². The third-order valence-corrected chi connectivity index (χ3v) is 3.36. The van der Waals surface area contributed by atoms with Crippen molar-refractivity contribution in [2.75, 3.05) is 23.3 Å². The largest absolute Gasteiger partial charge is 0.444 e. The quantitative estimate of drug-likeness (QED) is 0.910. The number of nitrogens with zero attached hydrogens (tertiary/aromatic N) is 3. The van der Waals surface area contributed by atoms with E-state index in [1.54, 1.807) is 39.0 Å². The lowest BCUT2D eigenvalue weighted by Gasteiger charge is -2.39. The minimum Gasteiger partial charge on any atom is -0.444 e. The van der Waals surface area contributed by atoms with Gasteiger partial charge in [0, 0.05) is 0 Å². The lowest BCUT2D eigenvalue weighted by atomic mass is 10.1. The Labute approximate surface area is 137 Å². The van der Waals surface area contributed by atoms with Crippen LogP contribution < -0.4 is 10.2 Å². The van der Waals surface area contributed by atoms with Crippen LogP contribution in [0.1, 0.15) is 20.8 Å². The first-order chi connectivity index (χ1) is 11.1. The molecule has 1 aromatic heterocycles. The van der Waals surface area contributed by atoms with Crippen LogP contribution in [-0.2, 0) is 4.74 Å². The zero-order chi connectivity index (χ0) is 17.5. The van der Waals surface area contributed by atoms with E-state index in [2.05, 4.69) is 15.3 Å². The maximum Gasteiger partial charge on any atom is 0.412 e. The molecule has 1 saturated heterocycles. The second-order valence-electron chi connectivity index (χ2n) is 6.74. The molecule has 0 spiro atoms. The summed E-state index contributed by atoms with van der Waals surface area (Å²) in [5.41, 5.74) is 0.821. The smallest absolute Gasteiger partial charge is 0.412 e. The number of anilines is 2. The zero-order valence-electron chi connectivity index (χ0n) is 13.6. The second-order valence-corrected chi connectivity index (χ2v) is 6.74. The van der Waals surface area contributed by atoms with E-state index in [4.69, 9.17) is 4.74 Å². The van der Waals surface area contributed by atoms with Crippen molar-refractivity contribution in [1.82, 2.24) is 9.97 Å². The molecule has 0 atom stereocenters. The highest BCUT2D eigenvalue weighted by atomic mass is 19.3. The fourth-order valence-electron chi connectivity index (χ4n) is 2.37. The Morgan fingerprint density at radius 3 is 2.67 bits per heavy atom. The molecule has 2 aromatic rings. The van der Waals surface area contributed by atoms with E-state index in [0.29, 0.717) is 22.5 Å². The van der Waals surface area contributed by atoms with Gasteiger partial charge in [-0.25, -0.2) is 23.5 Å². The first-order valence-corrected chi connectivity index (χ1v) is 7.52. The van der Waals surface area contributed by atoms with E-state index in [9.17, 15) is 13.6 Å². The summed E-state index contributed by atoms with van der Waals surface area (Å²) in [6.07, 6.45) is 0.834. The summed E-state index contributed by atoms with van der Waals surface area (Å²) in [6.45, 7) is 4.59. The number of carbonyl (C=O) groups excluding carboxylic acids is 1. The average Bonchev–Trinajstić information content (AvgIpc) is 2.42. The van der Waals surface area contributed by atoms with Crippen LogP contribution in [-0.4, -0.2) is 40.7 Å². The van der Waals surface area contributed by atoms with Gasteiger partial charge in [0.2, 0.25) is 0 Å². The fourth-order valence-corrected chi connectivity index (χ4v) is 2.37. The minimum atomic E-state index is -2.67. The van der Waals surface area contributed by atoms with E-state index in [0.717, 1.165) is 0 Å². The summed E-state index contributed by atoms with van der Waals surface area (Å²) in [6, 6.07) is 5.10. The highest BCUT2D eigenvalue weighted by Crippen LogP contribution is 2.31. The van der Waals surface area contributed by atoms with Crippen molar-refractivity contribution < 1.29 is 18.3 Å². The number of ether oxygens (including phenoxy) is 1. The number of halogens is 2. The first kappa shape index (κ1) is 16.4. The number of para-hydroxylation sites is 1. The van der Waals surface area contributed by atoms with E-state index in [1.807, 2.05) is 0 Å². The van der Waals surface area contributed by atoms with Gasteiger partial charge in [-0.15, -0.1) is 0 Å². The number of rotatable bonds is 2. The van der Waals surface area contributed by atoms with E-state index < -0.39 is 17.6 Å². The molecule has 2 heterocycles. The number of amides is 1. The number of aromatic nitrogens is 2. The van der Waals surface area contributed by atoms with Crippen LogP contribution >= 0.6 is 0 Å². The predicted octanol–water partition coefficient (Wildman–Crippen LogP) is 3.43. The molecule has 8 heteroatoms. The van der Waals surface area contributed by atoms with Gasteiger partial charge in [0.25, 0.3) is 5.92 Å². The van der Waals surface area contributed by atoms with Gasteiger partial charge < -0.3 is 9.64 Å². The highest BCUT2D eigenvalue weighted by molar-refractivity contribution is 5.96. The zero-order valence-corrected chi connectivity index (χ0v) is 13.6. The van der Waals surface area contributed by atoms with Crippen molar-refractivity contribution in [1.29, 1.82) is 0 Å². The number of hydrogen-bond donors (Lipinski definition) is 1. The SMILES string of the molecule is CC(C)(C)OC(=O)Nc1cccc2nc(N3CC(F)(F)C3)cnc12. The molecule has 1 aliphatic heterocycles. The van der Waals surface area contributed by atoms with Gasteiger partial charge in [-0.1, -0.05) is 6.07 Å². The molecule has 1 fully saturated rings. The van der Waals surface area contributed by atoms with Gasteiger partial charge in [0.15, 0.2) is 0 Å². The number of nitrogens with one attached hydrogen (secondary N) is 1. The van der Waals surface area contributed by atoms with Crippen molar-refractivity contribution in [3.63, 3.8) is 0 Å². The molecule has 0 aliphatic carbocycles. The molecule has 128 valence electrons. The normalized spacial score (nSPS) is 16.6. The van der Waals surface area contributed by atoms with Crippen LogP contribution in [0.3, 0.4) is 0 Å². The maximum atomic E-state index is 13.0. The average molecular weight is 336 g/mol. The molecule has 0 bridgehead atoms. The molecular formula is C16H18F2N4O2. The highest BCUT2D eigenvalue weighted by Gasteiger charge is 2.44. The van der Waals surface area contributed by atoms with E-state index in [-0.39, 0.29) is 13.1 Å². The van der Waals surface area contributed by atoms with Gasteiger partial charge in [-0.2, -0.15) is 0 Å². The first-order valence-electron chi connectivity index (χ1n) is 7.52. The Bertz CT molecular complexity index is 781. The van der Waals surface area contributed by atoms with Crippen LogP contribution in [0.25, 0.3) is 11.0 Å². The lowest BCUT2D eigenvalue weighted by Crippen LogP contribution is -2.56. The Morgan fingerprint density at radius 1 is 1.33 bits per heavy atom. The molecular weight excluding hydrogens is 318 g/mol. The van der Waals surface area contributed by atoms with Crippen LogP contribution in [0.4, 0.5) is 25.1 Å². The van der Waals surface area contributed by atoms with Crippen molar-refractivity contribution in [3.05, 3.63) is 24.4 Å². The number of carbonyl (C=O) groups is 1. The molecule has 24 heavy (non-hydrogen) atoms. The summed E-state index contributed by atoms with van der Waals surface area (Å²) >= 11 is 0. The molecule has 1 N–H and O–H groups in total. The third-order valence-electron chi connectivity index (χ3n) is 3.36. The topological polar surface area (TPSA) is 67.3 Å². The molecule has 0 radical (unpaired) electrons. The standard InChI is InChI=1S/C16H18F2N4O2/c1-15(2,3)24-14(23)21-11-6-4-5-10-13(11)19-7-12(20-10)22-8-16(17,18)9-22/h4-7H,8-9H2,1-3H3,(H,21,23). The Morgan fingerprint density at radius 2 is 2.04 bits per heavy atom. The van der Waals surface area contributed by atoms with Gasteiger partial charge in [0.1, 0.15) is 16.9 Å². The van der Waals surface area contributed by atoms with Crippen LogP contribution in [0, 0.1) is 0 Å². The van der Waals surface area contributed by atoms with Gasteiger partial charge in [-0.05, 0) is 32.9 Å². The Hall–Kier alpha value is -2.51. The van der Waals surface area contributed by atoms with E-state index in [1.165, 1.54) is 11.1 Å². The molecule has 1 amide bonds. The number of alkyl halides is 2. The predicted molar refractivity (Wildman–Crippen MR) is 86.6 cm³/mol. The maximum absolute atomic E-state index is 13.0. The number of benzene rings is 1. The molecule has 1 aromatic carbocycles. The lowest BCUT2D eigenvalue weighted by molar-refractivity contribution is -0.0267. The van der Waals surface area contributed by atoms with Crippen molar-refractivity contribution in [2.45, 2.75) is 32.3 Å². The number of fused-ring (bicyclic) bond motifs is 1. The minimum absolute atomic E-state index is 0.358. The van der Waals surface area contributed by atoms with Gasteiger partial charge >= 0.3 is 6.09 Å². The monoisotopic (exact) mass is 336 g/mol. The fraction of sp³-hybridized carbons (Fsp3) is 0.438. The summed E-state index contributed by atoms with van der Waals surface area (Å²) in [5.74, 6) is -2.28. The molecule has 0 unspecified atom stereocenters. The Balaban J connectivity index is 1.82. The van der Waals surface area contributed by atoms with Crippen LogP contribution in [0.15, 0.2) is 24.4 Å². The Kier molecular flexibility index (Phi) is 3.77. The third kappa shape index (κ3) is 3.52. The number of hydrogen-bond acceptors (Lipinski definition) is 5. The molecule has 1 aliphatic rings. The summed E-state index contributed by atoms with van der Waals surface area (Å²) in [5, 5.41) is 2.63. The molecule has 3 rings (SSSR count). The molecule has 6 nitrogen and oxygen atoms in total. The van der Waals surface area contributed by atoms with Crippen molar-refractivity contribution >= 4 is 28.6 Å². The van der Waals surface area contributed by atoms with Crippen LogP contribution in [0.2, 0.25) is 0 Å².